The first-order valence-corrected chi connectivity index (χ1v) is 8.58. The molecule has 1 saturated heterocycles. The molecule has 1 atom stereocenters. The lowest BCUT2D eigenvalue weighted by Crippen LogP contribution is -2.52. The highest BCUT2D eigenvalue weighted by Crippen LogP contribution is 2.31. The van der Waals surface area contributed by atoms with Gasteiger partial charge in [0.15, 0.2) is 5.01 Å². The van der Waals surface area contributed by atoms with Gasteiger partial charge in [-0.3, -0.25) is 19.7 Å². The first kappa shape index (κ1) is 15.5. The summed E-state index contributed by atoms with van der Waals surface area (Å²) in [6, 6.07) is 6.78. The summed E-state index contributed by atoms with van der Waals surface area (Å²) in [7, 11) is 0. The highest BCUT2D eigenvalue weighted by atomic mass is 32.1. The van der Waals surface area contributed by atoms with Crippen LogP contribution in [0.4, 0.5) is 0 Å². The number of nitrogens with zero attached hydrogens (tertiary/aromatic N) is 3. The smallest absolute Gasteiger partial charge is 0.255 e. The molecule has 0 bridgehead atoms. The molecule has 0 radical (unpaired) electrons. The molecule has 7 nitrogen and oxygen atoms in total. The van der Waals surface area contributed by atoms with Crippen molar-refractivity contribution < 1.29 is 14.4 Å². The van der Waals surface area contributed by atoms with Gasteiger partial charge in [-0.2, -0.15) is 5.26 Å². The fraction of sp³-hybridized carbons (Fsp3) is 0.235. The number of hydrogen-bond acceptors (Lipinski definition) is 6. The number of amides is 3. The number of carbonyl (C=O) groups excluding carboxylic acids is 3. The van der Waals surface area contributed by atoms with Crippen molar-refractivity contribution in [2.45, 2.75) is 25.4 Å². The first-order chi connectivity index (χ1) is 12.1. The van der Waals surface area contributed by atoms with Gasteiger partial charge in [-0.05, 0) is 24.1 Å². The number of hydrogen-bond donors (Lipinski definition) is 1. The quantitative estimate of drug-likeness (QED) is 0.824. The zero-order valence-electron chi connectivity index (χ0n) is 13.0. The van der Waals surface area contributed by atoms with Crippen molar-refractivity contribution >= 4 is 29.1 Å². The van der Waals surface area contributed by atoms with E-state index in [1.54, 1.807) is 17.5 Å². The normalized spacial score (nSPS) is 19.6. The number of aromatic nitrogens is 1. The van der Waals surface area contributed by atoms with Crippen LogP contribution in [0.2, 0.25) is 0 Å². The summed E-state index contributed by atoms with van der Waals surface area (Å²) in [6.07, 6.45) is 0.576. The van der Waals surface area contributed by atoms with Gasteiger partial charge < -0.3 is 4.90 Å². The molecule has 25 heavy (non-hydrogen) atoms. The van der Waals surface area contributed by atoms with E-state index >= 15 is 0 Å². The second-order valence-corrected chi connectivity index (χ2v) is 6.78. The molecule has 4 rings (SSSR count). The molecular weight excluding hydrogens is 340 g/mol. The number of nitrogens with one attached hydrogen (secondary N) is 1. The Morgan fingerprint density at radius 3 is 2.88 bits per heavy atom. The van der Waals surface area contributed by atoms with Crippen LogP contribution in [0.15, 0.2) is 23.6 Å². The minimum Gasteiger partial charge on any atom is -0.322 e. The molecule has 2 aliphatic rings. The van der Waals surface area contributed by atoms with E-state index in [4.69, 9.17) is 5.26 Å². The molecule has 124 valence electrons. The van der Waals surface area contributed by atoms with Gasteiger partial charge in [-0.25, -0.2) is 4.98 Å². The van der Waals surface area contributed by atoms with Crippen molar-refractivity contribution in [3.8, 4) is 17.3 Å². The van der Waals surface area contributed by atoms with E-state index < -0.39 is 11.9 Å². The van der Waals surface area contributed by atoms with Gasteiger partial charge in [-0.1, -0.05) is 6.07 Å². The summed E-state index contributed by atoms with van der Waals surface area (Å²) in [5, 5.41) is 13.4. The van der Waals surface area contributed by atoms with Crippen molar-refractivity contribution in [1.29, 1.82) is 5.26 Å². The standard InChI is InChI=1S/C17H12N4O3S/c18-6-15-19-12(8-25-15)9-1-2-11-10(5-9)7-21(17(11)24)13-3-4-14(22)20-16(13)23/h1-2,5,8,13H,3-4,7H2,(H,20,22,23). The average Bonchev–Trinajstić information content (AvgIpc) is 3.20. The van der Waals surface area contributed by atoms with Crippen LogP contribution in [-0.2, 0) is 16.1 Å². The van der Waals surface area contributed by atoms with E-state index in [1.807, 2.05) is 12.1 Å². The van der Waals surface area contributed by atoms with Crippen molar-refractivity contribution in [2.24, 2.45) is 0 Å². The van der Waals surface area contributed by atoms with E-state index in [0.717, 1.165) is 11.1 Å². The second kappa shape index (κ2) is 5.79. The van der Waals surface area contributed by atoms with E-state index in [0.29, 0.717) is 29.2 Å². The van der Waals surface area contributed by atoms with Crippen LogP contribution in [0, 0.1) is 11.3 Å². The van der Waals surface area contributed by atoms with Gasteiger partial charge in [0.25, 0.3) is 5.91 Å². The van der Waals surface area contributed by atoms with Crippen molar-refractivity contribution in [3.63, 3.8) is 0 Å². The molecule has 1 N–H and O–H groups in total. The molecule has 3 heterocycles. The Bertz CT molecular complexity index is 959. The van der Waals surface area contributed by atoms with Gasteiger partial charge in [0.05, 0.1) is 5.69 Å². The highest BCUT2D eigenvalue weighted by Gasteiger charge is 2.39. The number of piperidine rings is 1. The SMILES string of the molecule is N#Cc1nc(-c2ccc3c(c2)CN(C2CCC(=O)NC2=O)C3=O)cs1. The van der Waals surface area contributed by atoms with Crippen LogP contribution < -0.4 is 5.32 Å². The zero-order valence-corrected chi connectivity index (χ0v) is 13.8. The summed E-state index contributed by atoms with van der Waals surface area (Å²) in [5.41, 5.74) is 2.90. The van der Waals surface area contributed by atoms with Crippen LogP contribution >= 0.6 is 11.3 Å². The molecule has 0 aliphatic carbocycles. The average molecular weight is 352 g/mol. The number of benzene rings is 1. The van der Waals surface area contributed by atoms with Crippen LogP contribution in [0.5, 0.6) is 0 Å². The van der Waals surface area contributed by atoms with E-state index in [9.17, 15) is 14.4 Å². The minimum atomic E-state index is -0.620. The number of fused-ring (bicyclic) bond motifs is 1. The van der Waals surface area contributed by atoms with Gasteiger partial charge >= 0.3 is 0 Å². The number of imide groups is 1. The Balaban J connectivity index is 1.62. The summed E-state index contributed by atoms with van der Waals surface area (Å²) >= 11 is 1.27. The van der Waals surface area contributed by atoms with Gasteiger partial charge in [-0.15, -0.1) is 11.3 Å². The van der Waals surface area contributed by atoms with E-state index in [-0.39, 0.29) is 18.2 Å². The molecular formula is C17H12N4O3S. The fourth-order valence-electron chi connectivity index (χ4n) is 3.19. The highest BCUT2D eigenvalue weighted by molar-refractivity contribution is 7.10. The number of thiazole rings is 1. The third-order valence-corrected chi connectivity index (χ3v) is 5.17. The van der Waals surface area contributed by atoms with Crippen LogP contribution in [0.25, 0.3) is 11.3 Å². The molecule has 2 aliphatic heterocycles. The minimum absolute atomic E-state index is 0.202. The first-order valence-electron chi connectivity index (χ1n) is 7.70. The van der Waals surface area contributed by atoms with Crippen LogP contribution in [0.1, 0.15) is 33.8 Å². The molecule has 8 heteroatoms. The summed E-state index contributed by atoms with van der Waals surface area (Å²) in [4.78, 5) is 41.7. The Morgan fingerprint density at radius 1 is 1.32 bits per heavy atom. The van der Waals surface area contributed by atoms with Crippen LogP contribution in [-0.4, -0.2) is 33.6 Å². The Kier molecular flexibility index (Phi) is 3.58. The molecule has 1 aromatic heterocycles. The Labute approximate surface area is 146 Å². The lowest BCUT2D eigenvalue weighted by Gasteiger charge is -2.29. The maximum atomic E-state index is 12.6. The summed E-state index contributed by atoms with van der Waals surface area (Å²) in [6.45, 7) is 0.323. The van der Waals surface area contributed by atoms with Crippen molar-refractivity contribution in [1.82, 2.24) is 15.2 Å². The molecule has 1 fully saturated rings. The maximum Gasteiger partial charge on any atom is 0.255 e. The van der Waals surface area contributed by atoms with Crippen molar-refractivity contribution in [2.75, 3.05) is 0 Å². The summed E-state index contributed by atoms with van der Waals surface area (Å²) < 4.78 is 0. The third kappa shape index (κ3) is 2.58. The number of nitriles is 1. The Morgan fingerprint density at radius 2 is 2.16 bits per heavy atom. The predicted octanol–water partition coefficient (Wildman–Crippen LogP) is 1.44. The lowest BCUT2D eigenvalue weighted by molar-refractivity contribution is -0.136. The van der Waals surface area contributed by atoms with Gasteiger partial charge in [0.1, 0.15) is 12.1 Å². The fourth-order valence-corrected chi connectivity index (χ4v) is 3.81. The monoisotopic (exact) mass is 352 g/mol. The lowest BCUT2D eigenvalue weighted by atomic mass is 10.0. The van der Waals surface area contributed by atoms with Crippen molar-refractivity contribution in [3.05, 3.63) is 39.7 Å². The van der Waals surface area contributed by atoms with Gasteiger partial charge in [0, 0.05) is 29.5 Å². The van der Waals surface area contributed by atoms with Crippen LogP contribution in [0.3, 0.4) is 0 Å². The van der Waals surface area contributed by atoms with E-state index in [2.05, 4.69) is 10.3 Å². The number of carbonyl (C=O) groups is 3. The maximum absolute atomic E-state index is 12.6. The molecule has 0 spiro atoms. The molecule has 1 aromatic carbocycles. The molecule has 3 amide bonds. The predicted molar refractivity (Wildman–Crippen MR) is 88.3 cm³/mol. The zero-order chi connectivity index (χ0) is 17.6. The largest absolute Gasteiger partial charge is 0.322 e. The molecule has 2 aromatic rings. The summed E-state index contributed by atoms with van der Waals surface area (Å²) in [5.74, 6) is -0.924. The number of rotatable bonds is 2. The topological polar surface area (TPSA) is 103 Å². The van der Waals surface area contributed by atoms with Gasteiger partial charge in [0.2, 0.25) is 11.8 Å². The third-order valence-electron chi connectivity index (χ3n) is 4.42. The Hall–Kier alpha value is -3.05. The van der Waals surface area contributed by atoms with E-state index in [1.165, 1.54) is 16.2 Å². The second-order valence-electron chi connectivity index (χ2n) is 5.92. The molecule has 0 saturated carbocycles. The molecule has 1 unspecified atom stereocenters.